The monoisotopic (exact) mass is 345 g/mol. The van der Waals surface area contributed by atoms with Gasteiger partial charge in [0, 0.05) is 31.2 Å². The summed E-state index contributed by atoms with van der Waals surface area (Å²) in [5, 5.41) is 3.37. The van der Waals surface area contributed by atoms with Gasteiger partial charge in [0.15, 0.2) is 0 Å². The SMILES string of the molecule is COc1ccc(NC(=O)N2CCC(c3ccncc3)CC2)cc1Cl. The zero-order valence-corrected chi connectivity index (χ0v) is 14.3. The fourth-order valence-electron chi connectivity index (χ4n) is 3.00. The van der Waals surface area contributed by atoms with Gasteiger partial charge in [0.2, 0.25) is 0 Å². The Labute approximate surface area is 146 Å². The number of benzene rings is 1. The number of likely N-dealkylation sites (tertiary alicyclic amines) is 1. The molecule has 1 aliphatic heterocycles. The van der Waals surface area contributed by atoms with Gasteiger partial charge in [-0.15, -0.1) is 0 Å². The van der Waals surface area contributed by atoms with Crippen LogP contribution in [0, 0.1) is 0 Å². The highest BCUT2D eigenvalue weighted by molar-refractivity contribution is 6.32. The molecule has 24 heavy (non-hydrogen) atoms. The number of urea groups is 1. The predicted molar refractivity (Wildman–Crippen MR) is 94.8 cm³/mol. The third kappa shape index (κ3) is 3.79. The summed E-state index contributed by atoms with van der Waals surface area (Å²) in [5.74, 6) is 1.08. The lowest BCUT2D eigenvalue weighted by atomic mass is 9.90. The molecular formula is C18H20ClN3O2. The summed E-state index contributed by atoms with van der Waals surface area (Å²) in [7, 11) is 1.56. The molecule has 2 amide bonds. The molecule has 0 saturated carbocycles. The first-order chi connectivity index (χ1) is 11.7. The van der Waals surface area contributed by atoms with Crippen LogP contribution in [-0.2, 0) is 0 Å². The van der Waals surface area contributed by atoms with E-state index >= 15 is 0 Å². The number of rotatable bonds is 3. The van der Waals surface area contributed by atoms with Crippen LogP contribution in [0.25, 0.3) is 0 Å². The zero-order valence-electron chi connectivity index (χ0n) is 13.5. The van der Waals surface area contributed by atoms with Crippen LogP contribution in [0.3, 0.4) is 0 Å². The first-order valence-corrected chi connectivity index (χ1v) is 8.34. The van der Waals surface area contributed by atoms with E-state index < -0.39 is 0 Å². The predicted octanol–water partition coefficient (Wildman–Crippen LogP) is 4.16. The van der Waals surface area contributed by atoms with Crippen LogP contribution in [0.5, 0.6) is 5.75 Å². The lowest BCUT2D eigenvalue weighted by Crippen LogP contribution is -2.40. The number of anilines is 1. The molecule has 126 valence electrons. The lowest BCUT2D eigenvalue weighted by molar-refractivity contribution is 0.194. The molecule has 5 nitrogen and oxygen atoms in total. The van der Waals surface area contributed by atoms with Gasteiger partial charge in [0.05, 0.1) is 12.1 Å². The Morgan fingerprint density at radius 1 is 1.25 bits per heavy atom. The van der Waals surface area contributed by atoms with Crippen LogP contribution in [0.4, 0.5) is 10.5 Å². The van der Waals surface area contributed by atoms with E-state index in [4.69, 9.17) is 16.3 Å². The van der Waals surface area contributed by atoms with Crippen molar-refractivity contribution in [2.75, 3.05) is 25.5 Å². The van der Waals surface area contributed by atoms with Crippen molar-refractivity contribution in [3.63, 3.8) is 0 Å². The van der Waals surface area contributed by atoms with Crippen molar-refractivity contribution in [2.45, 2.75) is 18.8 Å². The molecule has 6 heteroatoms. The Bertz CT molecular complexity index is 701. The highest BCUT2D eigenvalue weighted by Crippen LogP contribution is 2.29. The molecule has 0 spiro atoms. The summed E-state index contributed by atoms with van der Waals surface area (Å²) in [6.07, 6.45) is 5.56. The fourth-order valence-corrected chi connectivity index (χ4v) is 3.26. The number of nitrogens with zero attached hydrogens (tertiary/aromatic N) is 2. The molecule has 2 aromatic rings. The molecule has 0 aliphatic carbocycles. The molecule has 1 aromatic heterocycles. The van der Waals surface area contributed by atoms with Crippen LogP contribution < -0.4 is 10.1 Å². The number of methoxy groups -OCH3 is 1. The Morgan fingerprint density at radius 2 is 1.96 bits per heavy atom. The molecule has 1 fully saturated rings. The molecule has 2 heterocycles. The fraction of sp³-hybridized carbons (Fsp3) is 0.333. The number of amides is 2. The van der Waals surface area contributed by atoms with Crippen molar-refractivity contribution >= 4 is 23.3 Å². The van der Waals surface area contributed by atoms with Gasteiger partial charge in [0.1, 0.15) is 5.75 Å². The third-order valence-corrected chi connectivity index (χ3v) is 4.66. The smallest absolute Gasteiger partial charge is 0.321 e. The number of carbonyl (C=O) groups is 1. The third-order valence-electron chi connectivity index (χ3n) is 4.36. The van der Waals surface area contributed by atoms with Gasteiger partial charge < -0.3 is 15.0 Å². The first-order valence-electron chi connectivity index (χ1n) is 7.97. The van der Waals surface area contributed by atoms with Gasteiger partial charge in [0.25, 0.3) is 0 Å². The Balaban J connectivity index is 1.56. The highest BCUT2D eigenvalue weighted by Gasteiger charge is 2.23. The van der Waals surface area contributed by atoms with Crippen LogP contribution in [-0.4, -0.2) is 36.1 Å². The van der Waals surface area contributed by atoms with Gasteiger partial charge >= 0.3 is 6.03 Å². The number of ether oxygens (including phenoxy) is 1. The summed E-state index contributed by atoms with van der Waals surface area (Å²) in [4.78, 5) is 18.3. The van der Waals surface area contributed by atoms with Crippen LogP contribution in [0.15, 0.2) is 42.7 Å². The minimum absolute atomic E-state index is 0.0931. The second kappa shape index (κ2) is 7.53. The van der Waals surface area contributed by atoms with E-state index in [0.29, 0.717) is 22.4 Å². The summed E-state index contributed by atoms with van der Waals surface area (Å²) >= 11 is 6.09. The number of nitrogens with one attached hydrogen (secondary N) is 1. The molecule has 1 aromatic carbocycles. The van der Waals surface area contributed by atoms with E-state index in [-0.39, 0.29) is 6.03 Å². The molecule has 1 aliphatic rings. The highest BCUT2D eigenvalue weighted by atomic mass is 35.5. The molecule has 3 rings (SSSR count). The first kappa shape index (κ1) is 16.6. The van der Waals surface area contributed by atoms with E-state index in [2.05, 4.69) is 22.4 Å². The van der Waals surface area contributed by atoms with E-state index in [1.54, 1.807) is 25.3 Å². The molecule has 0 bridgehead atoms. The number of carbonyl (C=O) groups excluding carboxylic acids is 1. The summed E-state index contributed by atoms with van der Waals surface area (Å²) in [6.45, 7) is 1.48. The maximum atomic E-state index is 12.4. The lowest BCUT2D eigenvalue weighted by Gasteiger charge is -2.32. The van der Waals surface area contributed by atoms with Gasteiger partial charge in [-0.2, -0.15) is 0 Å². The average Bonchev–Trinajstić information content (AvgIpc) is 2.63. The van der Waals surface area contributed by atoms with Crippen LogP contribution >= 0.6 is 11.6 Å². The summed E-state index contributed by atoms with van der Waals surface area (Å²) in [5.41, 5.74) is 1.97. The number of aromatic nitrogens is 1. The van der Waals surface area contributed by atoms with E-state index in [9.17, 15) is 4.79 Å². The molecular weight excluding hydrogens is 326 g/mol. The standard InChI is InChI=1S/C18H20ClN3O2/c1-24-17-3-2-15(12-16(17)19)21-18(23)22-10-6-14(7-11-22)13-4-8-20-9-5-13/h2-5,8-9,12,14H,6-7,10-11H2,1H3,(H,21,23). The summed E-state index contributed by atoms with van der Waals surface area (Å²) < 4.78 is 5.12. The quantitative estimate of drug-likeness (QED) is 0.909. The zero-order chi connectivity index (χ0) is 16.9. The average molecular weight is 346 g/mol. The number of hydrogen-bond donors (Lipinski definition) is 1. The number of pyridine rings is 1. The van der Waals surface area contributed by atoms with Crippen molar-refractivity contribution in [1.29, 1.82) is 0 Å². The van der Waals surface area contributed by atoms with E-state index in [1.807, 2.05) is 17.3 Å². The molecule has 0 atom stereocenters. The topological polar surface area (TPSA) is 54.5 Å². The van der Waals surface area contributed by atoms with Gasteiger partial charge in [-0.3, -0.25) is 4.98 Å². The second-order valence-corrected chi connectivity index (χ2v) is 6.23. The number of halogens is 1. The van der Waals surface area contributed by atoms with Crippen molar-refractivity contribution in [3.8, 4) is 5.75 Å². The normalized spacial score (nSPS) is 15.2. The Morgan fingerprint density at radius 3 is 2.58 bits per heavy atom. The van der Waals surface area contributed by atoms with Gasteiger partial charge in [-0.05, 0) is 54.7 Å². The van der Waals surface area contributed by atoms with Crippen molar-refractivity contribution in [1.82, 2.24) is 9.88 Å². The van der Waals surface area contributed by atoms with E-state index in [1.165, 1.54) is 5.56 Å². The van der Waals surface area contributed by atoms with Gasteiger partial charge in [-0.25, -0.2) is 4.79 Å². The maximum absolute atomic E-state index is 12.4. The minimum atomic E-state index is -0.0931. The molecule has 0 unspecified atom stereocenters. The number of piperidine rings is 1. The molecule has 0 radical (unpaired) electrons. The molecule has 1 saturated heterocycles. The van der Waals surface area contributed by atoms with Crippen molar-refractivity contribution in [3.05, 3.63) is 53.3 Å². The molecule has 1 N–H and O–H groups in total. The summed E-state index contributed by atoms with van der Waals surface area (Å²) in [6, 6.07) is 9.24. The second-order valence-electron chi connectivity index (χ2n) is 5.82. The van der Waals surface area contributed by atoms with Crippen LogP contribution in [0.1, 0.15) is 24.3 Å². The van der Waals surface area contributed by atoms with E-state index in [0.717, 1.165) is 25.9 Å². The Kier molecular flexibility index (Phi) is 5.20. The maximum Gasteiger partial charge on any atom is 0.321 e. The Hall–Kier alpha value is -2.27. The van der Waals surface area contributed by atoms with Crippen molar-refractivity contribution < 1.29 is 9.53 Å². The van der Waals surface area contributed by atoms with Gasteiger partial charge in [-0.1, -0.05) is 11.6 Å². The van der Waals surface area contributed by atoms with Crippen molar-refractivity contribution in [2.24, 2.45) is 0 Å². The largest absolute Gasteiger partial charge is 0.495 e. The number of hydrogen-bond acceptors (Lipinski definition) is 3. The minimum Gasteiger partial charge on any atom is -0.495 e. The van der Waals surface area contributed by atoms with Crippen LogP contribution in [0.2, 0.25) is 5.02 Å².